The molecule has 0 atom stereocenters. The van der Waals surface area contributed by atoms with Gasteiger partial charge in [-0.05, 0) is 18.5 Å². The number of benzene rings is 1. The Morgan fingerprint density at radius 1 is 1.62 bits per heavy atom. The Hall–Kier alpha value is -2.27. The van der Waals surface area contributed by atoms with Crippen LogP contribution in [0.1, 0.15) is 5.56 Å². The molecule has 7 nitrogen and oxygen atoms in total. The summed E-state index contributed by atoms with van der Waals surface area (Å²) in [4.78, 5) is 12.7. The second-order valence-corrected chi connectivity index (χ2v) is 2.96. The van der Waals surface area contributed by atoms with Crippen LogP contribution in [0.4, 0.5) is 5.69 Å². The minimum Gasteiger partial charge on any atom is -0.493 e. The summed E-state index contributed by atoms with van der Waals surface area (Å²) in [5.41, 5.74) is 8.53. The molecule has 7 heteroatoms. The van der Waals surface area contributed by atoms with E-state index in [4.69, 9.17) is 10.3 Å². The summed E-state index contributed by atoms with van der Waals surface area (Å²) < 4.78 is 5.26. The van der Waals surface area contributed by atoms with Crippen LogP contribution in [0.15, 0.2) is 23.3 Å². The molecule has 0 aliphatic carbocycles. The van der Waals surface area contributed by atoms with Crippen molar-refractivity contribution in [3.8, 4) is 5.75 Å². The molecular formula is C9H10N4O3. The molecule has 0 aliphatic rings. The molecule has 84 valence electrons. The fraction of sp³-hybridized carbons (Fsp3) is 0.333. The van der Waals surface area contributed by atoms with Gasteiger partial charge in [-0.25, -0.2) is 0 Å². The lowest BCUT2D eigenvalue weighted by atomic mass is 10.2. The molecule has 0 aliphatic heterocycles. The van der Waals surface area contributed by atoms with Gasteiger partial charge in [-0.1, -0.05) is 11.2 Å². The zero-order chi connectivity index (χ0) is 12.0. The molecule has 0 amide bonds. The molecule has 1 rings (SSSR count). The Labute approximate surface area is 91.4 Å². The van der Waals surface area contributed by atoms with Gasteiger partial charge in [0.25, 0.3) is 5.69 Å². The molecule has 16 heavy (non-hydrogen) atoms. The van der Waals surface area contributed by atoms with Crippen LogP contribution in [0.5, 0.6) is 5.75 Å². The first-order valence-corrected chi connectivity index (χ1v) is 4.54. The van der Waals surface area contributed by atoms with Crippen LogP contribution >= 0.6 is 0 Å². The lowest BCUT2D eigenvalue weighted by molar-refractivity contribution is -0.385. The first-order chi connectivity index (χ1) is 7.66. The molecule has 0 fully saturated rings. The molecule has 1 aromatic carbocycles. The molecule has 0 bridgehead atoms. The first kappa shape index (κ1) is 11.8. The fourth-order valence-electron chi connectivity index (χ4n) is 1.20. The van der Waals surface area contributed by atoms with Crippen LogP contribution in [-0.2, 0) is 0 Å². The predicted molar refractivity (Wildman–Crippen MR) is 57.3 cm³/mol. The van der Waals surface area contributed by atoms with Crippen molar-refractivity contribution in [2.24, 2.45) is 5.11 Å². The normalized spacial score (nSPS) is 9.31. The van der Waals surface area contributed by atoms with E-state index in [0.717, 1.165) is 0 Å². The molecular weight excluding hydrogens is 212 g/mol. The quantitative estimate of drug-likeness (QED) is 0.191. The van der Waals surface area contributed by atoms with E-state index in [0.29, 0.717) is 11.3 Å². The van der Waals surface area contributed by atoms with Crippen LogP contribution < -0.4 is 4.74 Å². The Bertz CT molecular complexity index is 440. The highest BCUT2D eigenvalue weighted by atomic mass is 16.6. The maximum absolute atomic E-state index is 10.6. The average molecular weight is 222 g/mol. The zero-order valence-corrected chi connectivity index (χ0v) is 8.66. The van der Waals surface area contributed by atoms with Gasteiger partial charge in [-0.3, -0.25) is 10.1 Å². The van der Waals surface area contributed by atoms with Gasteiger partial charge in [0.15, 0.2) is 0 Å². The standard InChI is InChI=1S/C9H10N4O3/c1-7-8(13(14)15)3-2-4-9(7)16-6-5-11-12-10/h2-4H,5-6H2,1H3. The van der Waals surface area contributed by atoms with Gasteiger partial charge < -0.3 is 4.74 Å². The van der Waals surface area contributed by atoms with Crippen molar-refractivity contribution >= 4 is 5.69 Å². The van der Waals surface area contributed by atoms with Crippen molar-refractivity contribution in [1.82, 2.24) is 0 Å². The van der Waals surface area contributed by atoms with E-state index in [-0.39, 0.29) is 18.8 Å². The number of hydrogen-bond donors (Lipinski definition) is 0. The van der Waals surface area contributed by atoms with Crippen molar-refractivity contribution in [2.45, 2.75) is 6.92 Å². The van der Waals surface area contributed by atoms with E-state index < -0.39 is 4.92 Å². The number of nitro groups is 1. The summed E-state index contributed by atoms with van der Waals surface area (Å²) >= 11 is 0. The van der Waals surface area contributed by atoms with Gasteiger partial charge in [0.1, 0.15) is 5.75 Å². The van der Waals surface area contributed by atoms with E-state index in [9.17, 15) is 10.1 Å². The monoisotopic (exact) mass is 222 g/mol. The first-order valence-electron chi connectivity index (χ1n) is 4.54. The maximum atomic E-state index is 10.6. The van der Waals surface area contributed by atoms with Crippen molar-refractivity contribution in [3.63, 3.8) is 0 Å². The topological polar surface area (TPSA) is 101 Å². The molecule has 1 aromatic rings. The highest BCUT2D eigenvalue weighted by molar-refractivity contribution is 5.48. The SMILES string of the molecule is Cc1c(OCCN=[N+]=[N-])cccc1[N+](=O)[O-]. The highest BCUT2D eigenvalue weighted by Crippen LogP contribution is 2.26. The number of rotatable bonds is 5. The predicted octanol–water partition coefficient (Wildman–Crippen LogP) is 2.59. The summed E-state index contributed by atoms with van der Waals surface area (Å²) in [6.45, 7) is 2.01. The van der Waals surface area contributed by atoms with Crippen molar-refractivity contribution in [2.75, 3.05) is 13.2 Å². The van der Waals surface area contributed by atoms with Crippen LogP contribution in [0.2, 0.25) is 0 Å². The largest absolute Gasteiger partial charge is 0.493 e. The molecule has 0 aromatic heterocycles. The van der Waals surface area contributed by atoms with E-state index in [1.165, 1.54) is 6.07 Å². The summed E-state index contributed by atoms with van der Waals surface area (Å²) in [7, 11) is 0. The molecule has 0 N–H and O–H groups in total. The third-order valence-electron chi connectivity index (χ3n) is 1.96. The van der Waals surface area contributed by atoms with E-state index >= 15 is 0 Å². The minimum atomic E-state index is -0.463. The third-order valence-corrected chi connectivity index (χ3v) is 1.96. The van der Waals surface area contributed by atoms with Gasteiger partial charge in [-0.15, -0.1) is 0 Å². The minimum absolute atomic E-state index is 0.0151. The van der Waals surface area contributed by atoms with Crippen LogP contribution in [0.3, 0.4) is 0 Å². The molecule has 0 saturated heterocycles. The van der Waals surface area contributed by atoms with Gasteiger partial charge in [0.2, 0.25) is 0 Å². The number of nitrogens with zero attached hydrogens (tertiary/aromatic N) is 4. The summed E-state index contributed by atoms with van der Waals surface area (Å²) in [6.07, 6.45) is 0. The molecule has 0 unspecified atom stereocenters. The third kappa shape index (κ3) is 2.86. The van der Waals surface area contributed by atoms with Crippen LogP contribution in [0.25, 0.3) is 10.4 Å². The molecule has 0 saturated carbocycles. The van der Waals surface area contributed by atoms with Gasteiger partial charge >= 0.3 is 0 Å². The van der Waals surface area contributed by atoms with E-state index in [2.05, 4.69) is 10.0 Å². The van der Waals surface area contributed by atoms with E-state index in [1.807, 2.05) is 0 Å². The van der Waals surface area contributed by atoms with Gasteiger partial charge in [0, 0.05) is 11.0 Å². The van der Waals surface area contributed by atoms with Gasteiger partial charge in [0.05, 0.1) is 23.6 Å². The van der Waals surface area contributed by atoms with Crippen LogP contribution in [-0.4, -0.2) is 18.1 Å². The molecule has 0 heterocycles. The highest BCUT2D eigenvalue weighted by Gasteiger charge is 2.13. The summed E-state index contributed by atoms with van der Waals surface area (Å²) in [6, 6.07) is 4.60. The maximum Gasteiger partial charge on any atom is 0.276 e. The Morgan fingerprint density at radius 3 is 3.00 bits per heavy atom. The second-order valence-electron chi connectivity index (χ2n) is 2.96. The molecule has 0 radical (unpaired) electrons. The number of hydrogen-bond acceptors (Lipinski definition) is 4. The Morgan fingerprint density at radius 2 is 2.38 bits per heavy atom. The zero-order valence-electron chi connectivity index (χ0n) is 8.66. The Balaban J connectivity index is 2.77. The number of azide groups is 1. The lowest BCUT2D eigenvalue weighted by Crippen LogP contribution is -2.02. The number of ether oxygens (including phenoxy) is 1. The number of nitro benzene ring substituents is 1. The van der Waals surface area contributed by atoms with Crippen molar-refractivity contribution in [1.29, 1.82) is 0 Å². The van der Waals surface area contributed by atoms with E-state index in [1.54, 1.807) is 19.1 Å². The van der Waals surface area contributed by atoms with Crippen LogP contribution in [0, 0.1) is 17.0 Å². The summed E-state index contributed by atoms with van der Waals surface area (Å²) in [5, 5.41) is 13.9. The smallest absolute Gasteiger partial charge is 0.276 e. The second kappa shape index (κ2) is 5.57. The Kier molecular flexibility index (Phi) is 4.11. The van der Waals surface area contributed by atoms with Crippen molar-refractivity contribution < 1.29 is 9.66 Å². The van der Waals surface area contributed by atoms with Crippen molar-refractivity contribution in [3.05, 3.63) is 44.3 Å². The lowest BCUT2D eigenvalue weighted by Gasteiger charge is -2.07. The average Bonchev–Trinajstić information content (AvgIpc) is 2.26. The fourth-order valence-corrected chi connectivity index (χ4v) is 1.20. The summed E-state index contributed by atoms with van der Waals surface area (Å²) in [5.74, 6) is 0.433. The molecule has 0 spiro atoms. The van der Waals surface area contributed by atoms with Gasteiger partial charge in [-0.2, -0.15) is 0 Å².